The first-order valence-electron chi connectivity index (χ1n) is 10.3. The Bertz CT molecular complexity index is 1110. The molecule has 0 bridgehead atoms. The molecule has 4 nitrogen and oxygen atoms in total. The van der Waals surface area contributed by atoms with Crippen LogP contribution < -0.4 is 4.74 Å². The van der Waals surface area contributed by atoms with Crippen molar-refractivity contribution in [2.75, 3.05) is 13.2 Å². The van der Waals surface area contributed by atoms with E-state index in [4.69, 9.17) is 20.9 Å². The average Bonchev–Trinajstić information content (AvgIpc) is 3.59. The first kappa shape index (κ1) is 20.0. The van der Waals surface area contributed by atoms with E-state index in [1.54, 1.807) is 6.07 Å². The molecule has 1 saturated carbocycles. The maximum absolute atomic E-state index is 12.6. The molecule has 4 rings (SSSR count). The largest absolute Gasteiger partial charge is 0.481 e. The zero-order valence-electron chi connectivity index (χ0n) is 17.4. The highest BCUT2D eigenvalue weighted by atomic mass is 16.5. The second-order valence-corrected chi connectivity index (χ2v) is 8.05. The van der Waals surface area contributed by atoms with Gasteiger partial charge >= 0.3 is 5.97 Å². The summed E-state index contributed by atoms with van der Waals surface area (Å²) in [5, 5.41) is 1.81. The average molecular weight is 399 g/mol. The van der Waals surface area contributed by atoms with Gasteiger partial charge in [0.25, 0.3) is 0 Å². The van der Waals surface area contributed by atoms with Crippen LogP contribution in [0.2, 0.25) is 0 Å². The zero-order valence-corrected chi connectivity index (χ0v) is 17.4. The molecule has 0 radical (unpaired) electrons. The predicted octanol–water partition coefficient (Wildman–Crippen LogP) is 5.60. The summed E-state index contributed by atoms with van der Waals surface area (Å²) in [5.41, 5.74) is 3.24. The molecule has 1 aromatic heterocycles. The fraction of sp³-hybridized carbons (Fsp3) is 0.308. The molecule has 2 aromatic carbocycles. The van der Waals surface area contributed by atoms with E-state index in [0.29, 0.717) is 29.9 Å². The van der Waals surface area contributed by atoms with Gasteiger partial charge in [0.15, 0.2) is 0 Å². The number of hydrogen-bond acceptors (Lipinski definition) is 4. The Kier molecular flexibility index (Phi) is 5.72. The standard InChI is InChI=1S/C26H25NO3/c1-4-13-29-22-12-11-21-14-24(26(28)30-16-18-5-6-18)27-25(23(21)15-22)20-9-7-19(8-10-20)17(2)3/h1,7-12,14-15,17-18H,5-6,13,16H2,2-3H3. The molecule has 0 saturated heterocycles. The molecule has 1 aliphatic rings. The minimum Gasteiger partial charge on any atom is -0.481 e. The topological polar surface area (TPSA) is 48.4 Å². The van der Waals surface area contributed by atoms with Gasteiger partial charge in [0.05, 0.1) is 12.3 Å². The fourth-order valence-electron chi connectivity index (χ4n) is 3.34. The van der Waals surface area contributed by atoms with Crippen LogP contribution in [0.25, 0.3) is 22.0 Å². The molecule has 3 aromatic rings. The van der Waals surface area contributed by atoms with Crippen LogP contribution in [0.15, 0.2) is 48.5 Å². The van der Waals surface area contributed by atoms with Gasteiger partial charge in [-0.2, -0.15) is 0 Å². The number of hydrogen-bond donors (Lipinski definition) is 0. The number of benzene rings is 2. The summed E-state index contributed by atoms with van der Waals surface area (Å²) in [5.74, 6) is 3.72. The van der Waals surface area contributed by atoms with E-state index in [2.05, 4.69) is 31.9 Å². The number of ether oxygens (including phenoxy) is 2. The van der Waals surface area contributed by atoms with Crippen molar-refractivity contribution < 1.29 is 14.3 Å². The van der Waals surface area contributed by atoms with Crippen LogP contribution in [0.3, 0.4) is 0 Å². The van der Waals surface area contributed by atoms with Gasteiger partial charge in [-0.3, -0.25) is 0 Å². The molecular formula is C26H25NO3. The van der Waals surface area contributed by atoms with Crippen LogP contribution in [0.5, 0.6) is 5.75 Å². The first-order chi connectivity index (χ1) is 14.5. The number of esters is 1. The summed E-state index contributed by atoms with van der Waals surface area (Å²) in [6.45, 7) is 4.99. The van der Waals surface area contributed by atoms with E-state index in [0.717, 1.165) is 34.9 Å². The lowest BCUT2D eigenvalue weighted by Gasteiger charge is -2.12. The predicted molar refractivity (Wildman–Crippen MR) is 119 cm³/mol. The number of aromatic nitrogens is 1. The second-order valence-electron chi connectivity index (χ2n) is 8.05. The van der Waals surface area contributed by atoms with Crippen molar-refractivity contribution in [1.82, 2.24) is 4.98 Å². The van der Waals surface area contributed by atoms with Gasteiger partial charge < -0.3 is 9.47 Å². The molecule has 1 aliphatic carbocycles. The highest BCUT2D eigenvalue weighted by Gasteiger charge is 2.24. The Hall–Kier alpha value is -3.32. The van der Waals surface area contributed by atoms with E-state index < -0.39 is 0 Å². The highest BCUT2D eigenvalue weighted by molar-refractivity contribution is 6.00. The minimum absolute atomic E-state index is 0.197. The summed E-state index contributed by atoms with van der Waals surface area (Å²) in [6, 6.07) is 15.8. The number of carbonyl (C=O) groups is 1. The van der Waals surface area contributed by atoms with Crippen molar-refractivity contribution in [1.29, 1.82) is 0 Å². The van der Waals surface area contributed by atoms with E-state index >= 15 is 0 Å². The Morgan fingerprint density at radius 2 is 1.93 bits per heavy atom. The van der Waals surface area contributed by atoms with Crippen molar-refractivity contribution >= 4 is 16.7 Å². The normalized spacial score (nSPS) is 13.3. The summed E-state index contributed by atoms with van der Waals surface area (Å²) in [7, 11) is 0. The van der Waals surface area contributed by atoms with Crippen LogP contribution >= 0.6 is 0 Å². The Balaban J connectivity index is 1.77. The summed E-state index contributed by atoms with van der Waals surface area (Å²) in [6.07, 6.45) is 7.58. The molecule has 1 heterocycles. The second kappa shape index (κ2) is 8.59. The highest BCUT2D eigenvalue weighted by Crippen LogP contribution is 2.32. The third-order valence-electron chi connectivity index (χ3n) is 5.33. The number of terminal acetylenes is 1. The van der Waals surface area contributed by atoms with E-state index in [9.17, 15) is 4.79 Å². The van der Waals surface area contributed by atoms with Gasteiger partial charge in [0, 0.05) is 10.9 Å². The molecule has 0 N–H and O–H groups in total. The van der Waals surface area contributed by atoms with Crippen LogP contribution in [0, 0.1) is 18.3 Å². The van der Waals surface area contributed by atoms with Gasteiger partial charge in [-0.1, -0.05) is 50.1 Å². The SMILES string of the molecule is C#CCOc1ccc2cc(C(=O)OCC3CC3)nc(-c3ccc(C(C)C)cc3)c2c1. The molecule has 30 heavy (non-hydrogen) atoms. The fourth-order valence-corrected chi connectivity index (χ4v) is 3.34. The molecule has 4 heteroatoms. The maximum atomic E-state index is 12.6. The first-order valence-corrected chi connectivity index (χ1v) is 10.3. The van der Waals surface area contributed by atoms with E-state index in [1.807, 2.05) is 30.3 Å². The number of pyridine rings is 1. The van der Waals surface area contributed by atoms with E-state index in [-0.39, 0.29) is 12.6 Å². The van der Waals surface area contributed by atoms with Crippen LogP contribution in [-0.4, -0.2) is 24.2 Å². The molecule has 0 amide bonds. The van der Waals surface area contributed by atoms with Crippen molar-refractivity contribution in [2.45, 2.75) is 32.6 Å². The smallest absolute Gasteiger partial charge is 0.356 e. The molecule has 0 spiro atoms. The quantitative estimate of drug-likeness (QED) is 0.383. The minimum atomic E-state index is -0.378. The Morgan fingerprint density at radius 3 is 2.60 bits per heavy atom. The maximum Gasteiger partial charge on any atom is 0.356 e. The lowest BCUT2D eigenvalue weighted by atomic mass is 9.98. The Morgan fingerprint density at radius 1 is 1.17 bits per heavy atom. The van der Waals surface area contributed by atoms with Gasteiger partial charge in [-0.05, 0) is 53.8 Å². The Labute approximate surface area is 177 Å². The van der Waals surface area contributed by atoms with Gasteiger partial charge in [0.2, 0.25) is 0 Å². The molecule has 152 valence electrons. The van der Waals surface area contributed by atoms with Crippen molar-refractivity contribution in [2.24, 2.45) is 5.92 Å². The van der Waals surface area contributed by atoms with Gasteiger partial charge in [-0.15, -0.1) is 6.42 Å². The molecule has 0 unspecified atom stereocenters. The molecular weight excluding hydrogens is 374 g/mol. The number of rotatable bonds is 7. The lowest BCUT2D eigenvalue weighted by molar-refractivity contribution is 0.0479. The third-order valence-corrected chi connectivity index (χ3v) is 5.33. The van der Waals surface area contributed by atoms with Crippen molar-refractivity contribution in [3.05, 3.63) is 59.8 Å². The van der Waals surface area contributed by atoms with Gasteiger partial charge in [0.1, 0.15) is 18.1 Å². The van der Waals surface area contributed by atoms with Crippen LogP contribution in [0.1, 0.15) is 48.7 Å². The number of nitrogens with zero attached hydrogens (tertiary/aromatic N) is 1. The lowest BCUT2D eigenvalue weighted by Crippen LogP contribution is -2.10. The molecule has 0 atom stereocenters. The van der Waals surface area contributed by atoms with Crippen molar-refractivity contribution in [3.63, 3.8) is 0 Å². The zero-order chi connectivity index (χ0) is 21.1. The number of carbonyl (C=O) groups excluding carboxylic acids is 1. The monoisotopic (exact) mass is 399 g/mol. The van der Waals surface area contributed by atoms with Gasteiger partial charge in [-0.25, -0.2) is 9.78 Å². The number of fused-ring (bicyclic) bond motifs is 1. The summed E-state index contributed by atoms with van der Waals surface area (Å²) >= 11 is 0. The van der Waals surface area contributed by atoms with Crippen molar-refractivity contribution in [3.8, 4) is 29.4 Å². The van der Waals surface area contributed by atoms with Crippen LogP contribution in [0.4, 0.5) is 0 Å². The molecule has 1 fully saturated rings. The van der Waals surface area contributed by atoms with Crippen LogP contribution in [-0.2, 0) is 4.74 Å². The third kappa shape index (κ3) is 4.46. The molecule has 0 aliphatic heterocycles. The summed E-state index contributed by atoms with van der Waals surface area (Å²) in [4.78, 5) is 17.3. The van der Waals surface area contributed by atoms with E-state index in [1.165, 1.54) is 5.56 Å². The summed E-state index contributed by atoms with van der Waals surface area (Å²) < 4.78 is 11.1.